The van der Waals surface area contributed by atoms with E-state index in [4.69, 9.17) is 11.5 Å². The molecule has 2 aromatic carbocycles. The Morgan fingerprint density at radius 3 is 2.48 bits per heavy atom. The van der Waals surface area contributed by atoms with E-state index in [-0.39, 0.29) is 60.2 Å². The van der Waals surface area contributed by atoms with E-state index in [0.717, 1.165) is 35.2 Å². The van der Waals surface area contributed by atoms with Crippen molar-refractivity contribution in [2.45, 2.75) is 77.8 Å². The second-order valence-electron chi connectivity index (χ2n) is 17.2. The highest BCUT2D eigenvalue weighted by Crippen LogP contribution is 2.68. The largest absolute Gasteiger partial charge is 0.393 e. The molecule has 2 heterocycles. The molecule has 8 rings (SSSR count). The van der Waals surface area contributed by atoms with Gasteiger partial charge in [-0.05, 0) is 91.0 Å². The summed E-state index contributed by atoms with van der Waals surface area (Å²) in [6.45, 7) is 6.96. The highest BCUT2D eigenvalue weighted by atomic mass is 16.3. The topological polar surface area (TPSA) is 223 Å². The number of hydrogen-bond acceptors (Lipinski definition) is 12. The number of nitrogens with two attached hydrogens (primary N) is 2. The SMILES string of the molecule is C[C@@H]1CC2C3CCC4=CC(=O)C=C[C@]4(C)C3C(O)C[C@]2(C)[C@@]1(O)C(=O)NCc1cccc(CNC(=O)c2ccc(N(C)Cc3cnc4nc(N)nc(N)c4n3)cc2)c1. The normalized spacial score (nSPS) is 29.9. The highest BCUT2D eigenvalue weighted by Gasteiger charge is 2.70. The van der Waals surface area contributed by atoms with Gasteiger partial charge >= 0.3 is 0 Å². The number of ketones is 1. The van der Waals surface area contributed by atoms with Gasteiger partial charge in [-0.1, -0.05) is 56.7 Å². The van der Waals surface area contributed by atoms with Gasteiger partial charge in [-0.2, -0.15) is 9.97 Å². The van der Waals surface area contributed by atoms with Gasteiger partial charge < -0.3 is 37.2 Å². The maximum Gasteiger partial charge on any atom is 0.253 e. The highest BCUT2D eigenvalue weighted by molar-refractivity contribution is 6.01. The number of aliphatic hydroxyl groups excluding tert-OH is 1. The molecule has 4 aliphatic rings. The number of carbonyl (C=O) groups excluding carboxylic acids is 3. The summed E-state index contributed by atoms with van der Waals surface area (Å²) in [7, 11) is 1.91. The van der Waals surface area contributed by atoms with Crippen LogP contribution in [0.5, 0.6) is 0 Å². The Hall–Kier alpha value is -5.73. The fourth-order valence-corrected chi connectivity index (χ4v) is 10.9. The molecule has 4 aromatic rings. The van der Waals surface area contributed by atoms with E-state index in [9.17, 15) is 24.6 Å². The summed E-state index contributed by atoms with van der Waals surface area (Å²) in [6.07, 6.45) is 8.77. The summed E-state index contributed by atoms with van der Waals surface area (Å²) in [5.41, 5.74) is 14.2. The van der Waals surface area contributed by atoms with Gasteiger partial charge in [0.15, 0.2) is 28.4 Å². The molecule has 0 bridgehead atoms. The fourth-order valence-electron chi connectivity index (χ4n) is 10.9. The van der Waals surface area contributed by atoms with Crippen molar-refractivity contribution in [3.8, 4) is 0 Å². The second-order valence-corrected chi connectivity index (χ2v) is 17.2. The van der Waals surface area contributed by atoms with Crippen molar-refractivity contribution in [1.82, 2.24) is 30.6 Å². The number of benzene rings is 2. The number of nitrogens with one attached hydrogen (secondary N) is 2. The Balaban J connectivity index is 0.871. The maximum absolute atomic E-state index is 14.1. The van der Waals surface area contributed by atoms with Crippen molar-refractivity contribution in [1.29, 1.82) is 0 Å². The van der Waals surface area contributed by atoms with Gasteiger partial charge in [0, 0.05) is 48.1 Å². The van der Waals surface area contributed by atoms with Crippen molar-refractivity contribution in [2.24, 2.45) is 34.5 Å². The molecule has 14 nitrogen and oxygen atoms in total. The standard InChI is InChI=1S/C44H51N9O5/c1-24-16-33-32-13-10-28-18-31(54)14-15-42(28,2)35(32)34(55)19-43(33,3)44(24,58)40(57)49-21-26-7-5-6-25(17-26)20-48-39(56)27-8-11-30(12-9-27)53(4)23-29-22-47-38-36(50-29)37(45)51-41(46)52-38/h5-9,11-12,14-15,17-18,22,24,32-35,55,58H,10,13,16,19-21,23H2,1-4H3,(H,48,56)(H,49,57)(H4,45,46,47,51,52)/t24-,32?,33?,34?,35?,42+,43+,44+/m1/s1. The number of rotatable bonds is 9. The Labute approximate surface area is 337 Å². The molecule has 3 fully saturated rings. The summed E-state index contributed by atoms with van der Waals surface area (Å²) in [6, 6.07) is 14.9. The minimum absolute atomic E-state index is 0.00913. The van der Waals surface area contributed by atoms with Crippen LogP contribution < -0.4 is 27.0 Å². The summed E-state index contributed by atoms with van der Waals surface area (Å²) in [5.74, 6) is -0.704. The number of aliphatic hydroxyl groups is 2. The lowest BCUT2D eigenvalue weighted by Crippen LogP contribution is -2.64. The maximum atomic E-state index is 14.1. The molecule has 4 unspecified atom stereocenters. The van der Waals surface area contributed by atoms with Crippen LogP contribution in [-0.4, -0.2) is 66.5 Å². The van der Waals surface area contributed by atoms with Crippen molar-refractivity contribution < 1.29 is 24.6 Å². The molecule has 14 heteroatoms. The number of carbonyl (C=O) groups is 3. The van der Waals surface area contributed by atoms with Gasteiger partial charge in [-0.25, -0.2) is 9.97 Å². The van der Waals surface area contributed by atoms with Crippen molar-refractivity contribution in [2.75, 3.05) is 23.4 Å². The average Bonchev–Trinajstić information content (AvgIpc) is 3.40. The molecule has 0 radical (unpaired) electrons. The van der Waals surface area contributed by atoms with Crippen LogP contribution in [-0.2, 0) is 29.2 Å². The van der Waals surface area contributed by atoms with E-state index in [1.54, 1.807) is 30.5 Å². The lowest BCUT2D eigenvalue weighted by atomic mass is 9.46. The van der Waals surface area contributed by atoms with E-state index in [1.165, 1.54) is 0 Å². The molecule has 0 aliphatic heterocycles. The predicted octanol–water partition coefficient (Wildman–Crippen LogP) is 4.02. The van der Waals surface area contributed by atoms with Gasteiger partial charge in [-0.15, -0.1) is 0 Å². The lowest BCUT2D eigenvalue weighted by Gasteiger charge is -2.59. The molecular formula is C44H51N9O5. The number of hydrogen-bond donors (Lipinski definition) is 6. The first kappa shape index (κ1) is 39.1. The number of fused-ring (bicyclic) bond motifs is 6. The quantitative estimate of drug-likeness (QED) is 0.142. The first-order chi connectivity index (χ1) is 27.6. The Morgan fingerprint density at radius 2 is 1.74 bits per heavy atom. The molecule has 302 valence electrons. The monoisotopic (exact) mass is 785 g/mol. The van der Waals surface area contributed by atoms with E-state index in [2.05, 4.69) is 37.5 Å². The lowest BCUT2D eigenvalue weighted by molar-refractivity contribution is -0.183. The van der Waals surface area contributed by atoms with Crippen LogP contribution in [0.25, 0.3) is 11.2 Å². The van der Waals surface area contributed by atoms with Crippen LogP contribution in [0.15, 0.2) is 78.5 Å². The third kappa shape index (κ3) is 6.57. The smallest absolute Gasteiger partial charge is 0.253 e. The predicted molar refractivity (Wildman–Crippen MR) is 219 cm³/mol. The third-order valence-corrected chi connectivity index (χ3v) is 13.8. The Kier molecular flexibility index (Phi) is 9.83. The second kappa shape index (κ2) is 14.6. The van der Waals surface area contributed by atoms with Gasteiger partial charge in [-0.3, -0.25) is 14.4 Å². The summed E-state index contributed by atoms with van der Waals surface area (Å²) < 4.78 is 0. The van der Waals surface area contributed by atoms with Gasteiger partial charge in [0.1, 0.15) is 0 Å². The molecule has 0 saturated heterocycles. The first-order valence-electron chi connectivity index (χ1n) is 20.0. The first-order valence-corrected chi connectivity index (χ1v) is 20.0. The van der Waals surface area contributed by atoms with Gasteiger partial charge in [0.05, 0.1) is 24.5 Å². The van der Waals surface area contributed by atoms with E-state index >= 15 is 0 Å². The number of allylic oxidation sites excluding steroid dienone is 4. The van der Waals surface area contributed by atoms with Crippen LogP contribution >= 0.6 is 0 Å². The minimum atomic E-state index is -1.67. The zero-order valence-electron chi connectivity index (χ0n) is 33.3. The number of amides is 2. The van der Waals surface area contributed by atoms with Crippen LogP contribution in [0.3, 0.4) is 0 Å². The molecule has 8 N–H and O–H groups in total. The van der Waals surface area contributed by atoms with E-state index in [0.29, 0.717) is 41.8 Å². The van der Waals surface area contributed by atoms with Crippen molar-refractivity contribution >= 4 is 46.2 Å². The molecule has 0 spiro atoms. The number of aromatic nitrogens is 4. The molecule has 8 atom stereocenters. The molecule has 3 saturated carbocycles. The molecular weight excluding hydrogens is 735 g/mol. The van der Waals surface area contributed by atoms with Gasteiger partial charge in [0.25, 0.3) is 11.8 Å². The van der Waals surface area contributed by atoms with Crippen LogP contribution in [0.1, 0.15) is 73.6 Å². The Morgan fingerprint density at radius 1 is 1.02 bits per heavy atom. The molecule has 2 aromatic heterocycles. The Bertz CT molecular complexity index is 2370. The van der Waals surface area contributed by atoms with E-state index in [1.807, 2.05) is 68.3 Å². The zero-order valence-corrected chi connectivity index (χ0v) is 33.3. The van der Waals surface area contributed by atoms with E-state index < -0.39 is 28.4 Å². The van der Waals surface area contributed by atoms with Crippen LogP contribution in [0.4, 0.5) is 17.5 Å². The van der Waals surface area contributed by atoms with Crippen molar-refractivity contribution in [3.05, 3.63) is 101 Å². The summed E-state index contributed by atoms with van der Waals surface area (Å²) >= 11 is 0. The third-order valence-electron chi connectivity index (χ3n) is 13.8. The van der Waals surface area contributed by atoms with Gasteiger partial charge in [0.2, 0.25) is 5.95 Å². The minimum Gasteiger partial charge on any atom is -0.393 e. The van der Waals surface area contributed by atoms with Crippen LogP contribution in [0.2, 0.25) is 0 Å². The fraction of sp³-hybridized carbons (Fsp3) is 0.432. The zero-order chi connectivity index (χ0) is 41.1. The molecule has 4 aliphatic carbocycles. The summed E-state index contributed by atoms with van der Waals surface area (Å²) in [5, 5.41) is 30.2. The molecule has 58 heavy (non-hydrogen) atoms. The average molecular weight is 786 g/mol. The van der Waals surface area contributed by atoms with Crippen molar-refractivity contribution in [3.63, 3.8) is 0 Å². The number of nitrogens with zero attached hydrogens (tertiary/aromatic N) is 5. The number of nitrogen functional groups attached to an aromatic ring is 2. The summed E-state index contributed by atoms with van der Waals surface area (Å²) in [4.78, 5) is 58.3. The molecule has 2 amide bonds. The van der Waals surface area contributed by atoms with Crippen LogP contribution in [0, 0.1) is 34.5 Å². The number of anilines is 3.